The second-order valence-corrected chi connectivity index (χ2v) is 6.75. The summed E-state index contributed by atoms with van der Waals surface area (Å²) in [5.74, 6) is 1.13. The molecule has 0 bridgehead atoms. The molecule has 0 heterocycles. The maximum atomic E-state index is 12.3. The van der Waals surface area contributed by atoms with Gasteiger partial charge in [-0.15, -0.1) is 11.8 Å². The molecular formula is C19H22N2O4S. The van der Waals surface area contributed by atoms with Crippen LogP contribution in [0.5, 0.6) is 11.5 Å². The van der Waals surface area contributed by atoms with E-state index in [0.29, 0.717) is 17.1 Å². The lowest BCUT2D eigenvalue weighted by Crippen LogP contribution is -2.25. The molecule has 0 aliphatic carbocycles. The van der Waals surface area contributed by atoms with Crippen molar-refractivity contribution in [2.75, 3.05) is 30.6 Å². The van der Waals surface area contributed by atoms with Crippen LogP contribution in [0, 0.1) is 0 Å². The quantitative estimate of drug-likeness (QED) is 0.741. The summed E-state index contributed by atoms with van der Waals surface area (Å²) in [4.78, 5) is 24.3. The van der Waals surface area contributed by atoms with E-state index in [-0.39, 0.29) is 22.8 Å². The molecule has 0 radical (unpaired) electrons. The number of nitrogens with one attached hydrogen (secondary N) is 2. The summed E-state index contributed by atoms with van der Waals surface area (Å²) in [6.45, 7) is 1.76. The van der Waals surface area contributed by atoms with Gasteiger partial charge < -0.3 is 20.1 Å². The summed E-state index contributed by atoms with van der Waals surface area (Å²) < 4.78 is 10.3. The number of ether oxygens (including phenoxy) is 2. The predicted octanol–water partition coefficient (Wildman–Crippen LogP) is 3.40. The Morgan fingerprint density at radius 3 is 2.35 bits per heavy atom. The van der Waals surface area contributed by atoms with Gasteiger partial charge in [-0.2, -0.15) is 0 Å². The van der Waals surface area contributed by atoms with Crippen molar-refractivity contribution in [1.82, 2.24) is 0 Å². The summed E-state index contributed by atoms with van der Waals surface area (Å²) in [6.07, 6.45) is 0. The number of hydrogen-bond acceptors (Lipinski definition) is 5. The molecular weight excluding hydrogens is 352 g/mol. The lowest BCUT2D eigenvalue weighted by molar-refractivity contribution is -0.115. The van der Waals surface area contributed by atoms with Crippen LogP contribution in [0.15, 0.2) is 48.5 Å². The van der Waals surface area contributed by atoms with E-state index in [2.05, 4.69) is 10.6 Å². The molecule has 138 valence electrons. The van der Waals surface area contributed by atoms with Gasteiger partial charge in [-0.1, -0.05) is 12.1 Å². The second kappa shape index (κ2) is 9.72. The highest BCUT2D eigenvalue weighted by Gasteiger charge is 2.17. The highest BCUT2D eigenvalue weighted by molar-refractivity contribution is 8.01. The van der Waals surface area contributed by atoms with Crippen molar-refractivity contribution >= 4 is 35.0 Å². The summed E-state index contributed by atoms with van der Waals surface area (Å²) in [5, 5.41) is 5.22. The van der Waals surface area contributed by atoms with Crippen molar-refractivity contribution in [2.24, 2.45) is 0 Å². The molecule has 1 unspecified atom stereocenters. The summed E-state index contributed by atoms with van der Waals surface area (Å²) in [7, 11) is 3.13. The van der Waals surface area contributed by atoms with Crippen molar-refractivity contribution in [3.05, 3.63) is 48.5 Å². The van der Waals surface area contributed by atoms with E-state index in [1.807, 2.05) is 12.1 Å². The van der Waals surface area contributed by atoms with E-state index < -0.39 is 0 Å². The molecule has 0 aliphatic rings. The second-order valence-electron chi connectivity index (χ2n) is 5.42. The van der Waals surface area contributed by atoms with Crippen LogP contribution in [0.1, 0.15) is 6.92 Å². The van der Waals surface area contributed by atoms with Gasteiger partial charge in [0.15, 0.2) is 0 Å². The lowest BCUT2D eigenvalue weighted by atomic mass is 10.3. The maximum Gasteiger partial charge on any atom is 0.237 e. The first-order valence-corrected chi connectivity index (χ1v) is 9.07. The molecule has 7 heteroatoms. The largest absolute Gasteiger partial charge is 0.497 e. The molecule has 0 saturated heterocycles. The topological polar surface area (TPSA) is 76.7 Å². The number of carbonyl (C=O) groups excluding carboxylic acids is 2. The van der Waals surface area contributed by atoms with E-state index in [1.165, 1.54) is 11.8 Å². The molecule has 2 aromatic rings. The van der Waals surface area contributed by atoms with Gasteiger partial charge in [0.1, 0.15) is 11.5 Å². The van der Waals surface area contributed by atoms with E-state index in [1.54, 1.807) is 57.5 Å². The van der Waals surface area contributed by atoms with Gasteiger partial charge in [0.05, 0.1) is 30.9 Å². The van der Waals surface area contributed by atoms with Crippen LogP contribution >= 0.6 is 11.8 Å². The SMILES string of the molecule is COc1ccc(NC(=O)CSC(C)C(=O)Nc2ccccc2OC)cc1. The van der Waals surface area contributed by atoms with Gasteiger partial charge in [-0.25, -0.2) is 0 Å². The average Bonchev–Trinajstić information content (AvgIpc) is 2.67. The molecule has 2 aromatic carbocycles. The van der Waals surface area contributed by atoms with Gasteiger partial charge in [-0.3, -0.25) is 9.59 Å². The molecule has 1 atom stereocenters. The Hall–Kier alpha value is -2.67. The van der Waals surface area contributed by atoms with E-state index in [0.717, 1.165) is 5.75 Å². The van der Waals surface area contributed by atoms with Crippen molar-refractivity contribution in [2.45, 2.75) is 12.2 Å². The Kier molecular flexibility index (Phi) is 7.35. The number of amides is 2. The Bertz CT molecular complexity index is 749. The van der Waals surface area contributed by atoms with E-state index >= 15 is 0 Å². The third kappa shape index (κ3) is 5.70. The summed E-state index contributed by atoms with van der Waals surface area (Å²) >= 11 is 1.26. The number of anilines is 2. The number of carbonyl (C=O) groups is 2. The van der Waals surface area contributed by atoms with E-state index in [9.17, 15) is 9.59 Å². The molecule has 26 heavy (non-hydrogen) atoms. The zero-order valence-electron chi connectivity index (χ0n) is 14.9. The monoisotopic (exact) mass is 374 g/mol. The minimum Gasteiger partial charge on any atom is -0.497 e. The first-order chi connectivity index (χ1) is 12.5. The normalized spacial score (nSPS) is 11.3. The van der Waals surface area contributed by atoms with Crippen LogP contribution < -0.4 is 20.1 Å². The number of para-hydroxylation sites is 2. The van der Waals surface area contributed by atoms with Crippen LogP contribution in [0.4, 0.5) is 11.4 Å². The molecule has 2 N–H and O–H groups in total. The number of rotatable bonds is 8. The fraction of sp³-hybridized carbons (Fsp3) is 0.263. The van der Waals surface area contributed by atoms with Crippen molar-refractivity contribution in [3.63, 3.8) is 0 Å². The number of hydrogen-bond donors (Lipinski definition) is 2. The Balaban J connectivity index is 1.81. The lowest BCUT2D eigenvalue weighted by Gasteiger charge is -2.14. The van der Waals surface area contributed by atoms with Crippen LogP contribution in [-0.2, 0) is 9.59 Å². The highest BCUT2D eigenvalue weighted by Crippen LogP contribution is 2.24. The predicted molar refractivity (Wildman–Crippen MR) is 105 cm³/mol. The highest BCUT2D eigenvalue weighted by atomic mass is 32.2. The van der Waals surface area contributed by atoms with Gasteiger partial charge in [0.25, 0.3) is 0 Å². The summed E-state index contributed by atoms with van der Waals surface area (Å²) in [6, 6.07) is 14.3. The van der Waals surface area contributed by atoms with Crippen LogP contribution in [0.25, 0.3) is 0 Å². The van der Waals surface area contributed by atoms with Crippen LogP contribution in [-0.4, -0.2) is 37.0 Å². The minimum absolute atomic E-state index is 0.169. The molecule has 6 nitrogen and oxygen atoms in total. The molecule has 2 rings (SSSR count). The van der Waals surface area contributed by atoms with Gasteiger partial charge in [0.2, 0.25) is 11.8 Å². The first-order valence-electron chi connectivity index (χ1n) is 8.03. The van der Waals surface area contributed by atoms with Gasteiger partial charge in [0, 0.05) is 5.69 Å². The molecule has 0 spiro atoms. The zero-order chi connectivity index (χ0) is 18.9. The van der Waals surface area contributed by atoms with Gasteiger partial charge >= 0.3 is 0 Å². The molecule has 0 aromatic heterocycles. The zero-order valence-corrected chi connectivity index (χ0v) is 15.8. The van der Waals surface area contributed by atoms with Crippen molar-refractivity contribution < 1.29 is 19.1 Å². The van der Waals surface area contributed by atoms with E-state index in [4.69, 9.17) is 9.47 Å². The number of thioether (sulfide) groups is 1. The molecule has 0 saturated carbocycles. The minimum atomic E-state index is -0.387. The smallest absolute Gasteiger partial charge is 0.237 e. The third-order valence-corrected chi connectivity index (χ3v) is 4.72. The van der Waals surface area contributed by atoms with Crippen LogP contribution in [0.3, 0.4) is 0 Å². The number of methoxy groups -OCH3 is 2. The maximum absolute atomic E-state index is 12.3. The molecule has 2 amide bonds. The Morgan fingerprint density at radius 2 is 1.69 bits per heavy atom. The van der Waals surface area contributed by atoms with Crippen molar-refractivity contribution in [3.8, 4) is 11.5 Å². The average molecular weight is 374 g/mol. The standard InChI is InChI=1S/C19H22N2O4S/c1-13(19(23)21-16-6-4-5-7-17(16)25-3)26-12-18(22)20-14-8-10-15(24-2)11-9-14/h4-11,13H,12H2,1-3H3,(H,20,22)(H,21,23). The van der Waals surface area contributed by atoms with Crippen molar-refractivity contribution in [1.29, 1.82) is 0 Å². The number of benzene rings is 2. The Morgan fingerprint density at radius 1 is 1.00 bits per heavy atom. The fourth-order valence-corrected chi connectivity index (χ4v) is 2.81. The van der Waals surface area contributed by atoms with Gasteiger partial charge in [-0.05, 0) is 43.3 Å². The Labute approximate surface area is 157 Å². The molecule has 0 aliphatic heterocycles. The fourth-order valence-electron chi connectivity index (χ4n) is 2.13. The van der Waals surface area contributed by atoms with Crippen LogP contribution in [0.2, 0.25) is 0 Å². The first kappa shape index (κ1) is 19.7. The third-order valence-electron chi connectivity index (χ3n) is 3.57. The molecule has 0 fully saturated rings. The summed E-state index contributed by atoms with van der Waals surface area (Å²) in [5.41, 5.74) is 1.29.